The largest absolute Gasteiger partial charge is 0.507 e. The molecule has 5 atom stereocenters. The zero-order valence-corrected chi connectivity index (χ0v) is 18.5. The standard InChI is InChI=1S/C23H29ClO6/c1-11-18(15(25)6-16(26)19(11)24)20(28)30-10-13-5-12-7-21(2,3)8-14(12)22(4)9-17(27)23(13,22)29/h5-6,12,14,17,25-27,29H,7-10H2,1-4H3/t12-,14+,17-,22-,23+/m1/s1. The Labute approximate surface area is 181 Å². The van der Waals surface area contributed by atoms with Crippen LogP contribution in [-0.2, 0) is 4.74 Å². The molecule has 0 aromatic heterocycles. The Balaban J connectivity index is 1.62. The van der Waals surface area contributed by atoms with Crippen molar-refractivity contribution in [3.8, 4) is 11.5 Å². The predicted molar refractivity (Wildman–Crippen MR) is 112 cm³/mol. The van der Waals surface area contributed by atoms with Crippen molar-refractivity contribution in [3.05, 3.63) is 33.9 Å². The van der Waals surface area contributed by atoms with Gasteiger partial charge in [-0.25, -0.2) is 4.79 Å². The van der Waals surface area contributed by atoms with Crippen LogP contribution in [-0.4, -0.2) is 44.7 Å². The van der Waals surface area contributed by atoms with Crippen LogP contribution in [0, 0.1) is 29.6 Å². The van der Waals surface area contributed by atoms with Gasteiger partial charge in [-0.15, -0.1) is 0 Å². The summed E-state index contributed by atoms with van der Waals surface area (Å²) in [6, 6.07) is 0.997. The number of aliphatic hydroxyl groups excluding tert-OH is 1. The Hall–Kier alpha value is -1.76. The fourth-order valence-corrected chi connectivity index (χ4v) is 6.38. The number of benzene rings is 1. The van der Waals surface area contributed by atoms with E-state index < -0.39 is 28.8 Å². The van der Waals surface area contributed by atoms with E-state index in [4.69, 9.17) is 16.3 Å². The number of halogens is 1. The van der Waals surface area contributed by atoms with Gasteiger partial charge < -0.3 is 25.2 Å². The molecule has 4 N–H and O–H groups in total. The first-order valence-corrected chi connectivity index (χ1v) is 10.7. The predicted octanol–water partition coefficient (Wildman–Crippen LogP) is 3.71. The van der Waals surface area contributed by atoms with Gasteiger partial charge >= 0.3 is 5.97 Å². The lowest BCUT2D eigenvalue weighted by Gasteiger charge is -2.64. The minimum atomic E-state index is -1.43. The number of phenols is 2. The second-order valence-electron chi connectivity index (χ2n) is 10.2. The second kappa shape index (κ2) is 6.62. The summed E-state index contributed by atoms with van der Waals surface area (Å²) in [6.45, 7) is 7.77. The molecule has 30 heavy (non-hydrogen) atoms. The first-order valence-electron chi connectivity index (χ1n) is 10.3. The number of ether oxygens (including phenoxy) is 1. The highest BCUT2D eigenvalue weighted by Crippen LogP contribution is 2.68. The third kappa shape index (κ3) is 2.80. The highest BCUT2D eigenvalue weighted by Gasteiger charge is 2.70. The highest BCUT2D eigenvalue weighted by molar-refractivity contribution is 6.33. The molecule has 1 aromatic rings. The van der Waals surface area contributed by atoms with Crippen molar-refractivity contribution in [2.45, 2.75) is 58.7 Å². The third-order valence-corrected chi connectivity index (χ3v) is 8.27. The molecule has 2 fully saturated rings. The fraction of sp³-hybridized carbons (Fsp3) is 0.609. The molecule has 1 aromatic carbocycles. The van der Waals surface area contributed by atoms with Crippen LogP contribution in [0.5, 0.6) is 11.5 Å². The van der Waals surface area contributed by atoms with E-state index >= 15 is 0 Å². The first kappa shape index (κ1) is 21.5. The van der Waals surface area contributed by atoms with Crippen LogP contribution in [0.4, 0.5) is 0 Å². The maximum atomic E-state index is 12.7. The van der Waals surface area contributed by atoms with Gasteiger partial charge in [0.05, 0.1) is 11.1 Å². The maximum Gasteiger partial charge on any atom is 0.342 e. The number of fused-ring (bicyclic) bond motifs is 3. The highest BCUT2D eigenvalue weighted by atomic mass is 35.5. The van der Waals surface area contributed by atoms with E-state index in [0.29, 0.717) is 12.0 Å². The van der Waals surface area contributed by atoms with Gasteiger partial charge in [0.2, 0.25) is 0 Å². The van der Waals surface area contributed by atoms with Crippen LogP contribution < -0.4 is 0 Å². The Kier molecular flexibility index (Phi) is 4.74. The van der Waals surface area contributed by atoms with Crippen molar-refractivity contribution in [3.63, 3.8) is 0 Å². The zero-order valence-electron chi connectivity index (χ0n) is 17.7. The summed E-state index contributed by atoms with van der Waals surface area (Å²) < 4.78 is 5.46. The van der Waals surface area contributed by atoms with Crippen LogP contribution in [0.15, 0.2) is 17.7 Å². The quantitative estimate of drug-likeness (QED) is 0.425. The number of phenolic OH excluding ortho intramolecular Hbond substituents is 2. The number of carbonyl (C=O) groups excluding carboxylic acids is 1. The third-order valence-electron chi connectivity index (χ3n) is 7.79. The van der Waals surface area contributed by atoms with Crippen molar-refractivity contribution >= 4 is 17.6 Å². The lowest BCUT2D eigenvalue weighted by atomic mass is 9.44. The number of hydrogen-bond acceptors (Lipinski definition) is 6. The van der Waals surface area contributed by atoms with E-state index in [9.17, 15) is 25.2 Å². The smallest absolute Gasteiger partial charge is 0.342 e. The average Bonchev–Trinajstić information content (AvgIpc) is 2.96. The fourth-order valence-electron chi connectivity index (χ4n) is 6.23. The number of rotatable bonds is 3. The number of esters is 1. The molecular formula is C23H29ClO6. The number of hydrogen-bond donors (Lipinski definition) is 4. The van der Waals surface area contributed by atoms with Gasteiger partial charge in [-0.3, -0.25) is 0 Å². The molecule has 3 aliphatic rings. The van der Waals surface area contributed by atoms with Crippen molar-refractivity contribution in [2.24, 2.45) is 22.7 Å². The Bertz CT molecular complexity index is 954. The van der Waals surface area contributed by atoms with Crippen LogP contribution in [0.25, 0.3) is 0 Å². The Morgan fingerprint density at radius 1 is 1.20 bits per heavy atom. The molecular weight excluding hydrogens is 408 g/mol. The van der Waals surface area contributed by atoms with Gasteiger partial charge in [0, 0.05) is 11.5 Å². The summed E-state index contributed by atoms with van der Waals surface area (Å²) in [4.78, 5) is 12.7. The topological polar surface area (TPSA) is 107 Å². The Morgan fingerprint density at radius 3 is 2.50 bits per heavy atom. The number of allylic oxidation sites excluding steroid dienone is 1. The molecule has 0 bridgehead atoms. The summed E-state index contributed by atoms with van der Waals surface area (Å²) in [6.07, 6.45) is 3.54. The summed E-state index contributed by atoms with van der Waals surface area (Å²) in [5.74, 6) is -1.04. The molecule has 0 unspecified atom stereocenters. The van der Waals surface area contributed by atoms with Crippen molar-refractivity contribution in [1.29, 1.82) is 0 Å². The lowest BCUT2D eigenvalue weighted by Crippen LogP contribution is -2.72. The van der Waals surface area contributed by atoms with Gasteiger partial charge in [0.1, 0.15) is 29.3 Å². The average molecular weight is 437 g/mol. The SMILES string of the molecule is Cc1c(Cl)c(O)cc(O)c1C(=O)OCC1=C[C@@H]2CC(C)(C)C[C@@H]2[C@@]2(C)C[C@@H](O)[C@@]12O. The van der Waals surface area contributed by atoms with Gasteiger partial charge in [-0.2, -0.15) is 0 Å². The summed E-state index contributed by atoms with van der Waals surface area (Å²) in [5.41, 5.74) is -1.16. The first-order chi connectivity index (χ1) is 13.8. The lowest BCUT2D eigenvalue weighted by molar-refractivity contribution is -0.250. The summed E-state index contributed by atoms with van der Waals surface area (Å²) in [7, 11) is 0. The van der Waals surface area contributed by atoms with Crippen molar-refractivity contribution in [1.82, 2.24) is 0 Å². The van der Waals surface area contributed by atoms with Crippen LogP contribution in [0.2, 0.25) is 5.02 Å². The maximum absolute atomic E-state index is 12.7. The minimum Gasteiger partial charge on any atom is -0.507 e. The van der Waals surface area contributed by atoms with Gasteiger partial charge in [-0.1, -0.05) is 38.4 Å². The molecule has 0 aliphatic heterocycles. The number of carbonyl (C=O) groups is 1. The van der Waals surface area contributed by atoms with Gasteiger partial charge in [0.25, 0.3) is 0 Å². The molecule has 0 saturated heterocycles. The van der Waals surface area contributed by atoms with Gasteiger partial charge in [0.15, 0.2) is 0 Å². The summed E-state index contributed by atoms with van der Waals surface area (Å²) in [5, 5.41) is 41.8. The van der Waals surface area contributed by atoms with E-state index in [1.165, 1.54) is 6.92 Å². The number of aromatic hydroxyl groups is 2. The molecule has 2 saturated carbocycles. The van der Waals surface area contributed by atoms with E-state index in [1.807, 2.05) is 13.0 Å². The normalized spacial score (nSPS) is 36.4. The second-order valence-corrected chi connectivity index (χ2v) is 10.6. The van der Waals surface area contributed by atoms with E-state index in [-0.39, 0.29) is 45.8 Å². The molecule has 0 spiro atoms. The van der Waals surface area contributed by atoms with Crippen LogP contribution >= 0.6 is 11.6 Å². The Morgan fingerprint density at radius 2 is 1.87 bits per heavy atom. The van der Waals surface area contributed by atoms with Crippen LogP contribution in [0.3, 0.4) is 0 Å². The molecule has 3 aliphatic carbocycles. The molecule has 6 nitrogen and oxygen atoms in total. The zero-order chi connectivity index (χ0) is 22.2. The monoisotopic (exact) mass is 436 g/mol. The molecule has 0 heterocycles. The van der Waals surface area contributed by atoms with Crippen molar-refractivity contribution in [2.75, 3.05) is 6.61 Å². The van der Waals surface area contributed by atoms with E-state index in [0.717, 1.165) is 18.9 Å². The van der Waals surface area contributed by atoms with Gasteiger partial charge in [-0.05, 0) is 54.6 Å². The molecule has 0 amide bonds. The van der Waals surface area contributed by atoms with E-state index in [2.05, 4.69) is 13.8 Å². The molecule has 4 rings (SSSR count). The van der Waals surface area contributed by atoms with Crippen LogP contribution in [0.1, 0.15) is 56.0 Å². The van der Waals surface area contributed by atoms with Crippen molar-refractivity contribution < 1.29 is 30.0 Å². The minimum absolute atomic E-state index is 0.0340. The summed E-state index contributed by atoms with van der Waals surface area (Å²) >= 11 is 5.99. The molecule has 164 valence electrons. The molecule has 0 radical (unpaired) electrons. The molecule has 7 heteroatoms. The van der Waals surface area contributed by atoms with E-state index in [1.54, 1.807) is 0 Å². The number of aliphatic hydroxyl groups is 2.